The van der Waals surface area contributed by atoms with Crippen molar-refractivity contribution in [1.29, 1.82) is 0 Å². The van der Waals surface area contributed by atoms with Gasteiger partial charge in [-0.15, -0.1) is 0 Å². The molecule has 2 aromatic heterocycles. The van der Waals surface area contributed by atoms with Gasteiger partial charge < -0.3 is 56.4 Å². The number of imidazole rings is 2. The van der Waals surface area contributed by atoms with E-state index in [1.54, 1.807) is 12.4 Å². The number of nitrogens with zero attached hydrogens (tertiary/aromatic N) is 5. The maximum atomic E-state index is 12.5. The maximum absolute atomic E-state index is 12.5. The monoisotopic (exact) mass is 822 g/mol. The first-order valence-electron chi connectivity index (χ1n) is 16.1. The van der Waals surface area contributed by atoms with E-state index in [9.17, 15) is 48.9 Å². The van der Waals surface area contributed by atoms with Crippen molar-refractivity contribution in [3.8, 4) is 0 Å². The number of carboxylic acids is 5. The summed E-state index contributed by atoms with van der Waals surface area (Å²) < 4.78 is 3.00. The van der Waals surface area contributed by atoms with Crippen LogP contribution in [-0.2, 0) is 75.1 Å². The number of amides is 3. The molecule has 0 unspecified atom stereocenters. The number of hydrogen-bond donors (Lipinski definition) is 9. The van der Waals surface area contributed by atoms with Crippen LogP contribution in [0, 0.1) is 0 Å². The fraction of sp³-hybridized carbons (Fsp3) is 0.567. The molecule has 0 fully saturated rings. The Balaban J connectivity index is 0.0000135. The molecule has 21 nitrogen and oxygen atoms in total. The summed E-state index contributed by atoms with van der Waals surface area (Å²) in [5.74, 6) is -5.55. The Labute approximate surface area is 311 Å². The summed E-state index contributed by atoms with van der Waals surface area (Å²) in [7, 11) is 0. The SMILES string of the molecule is N[C@@H](CCCCN(Cc1nccn1CC(=O)O)Cc1nccn1CC(=O)O)C(=O)NCCCC[C@H](NC(=O)N[C@@H](CCC(=O)O)C(=O)O)C(=O)O.[99Tc]. The fourth-order valence-electron chi connectivity index (χ4n) is 4.96. The Kier molecular flexibility index (Phi) is 20.4. The van der Waals surface area contributed by atoms with Crippen molar-refractivity contribution >= 4 is 41.8 Å². The van der Waals surface area contributed by atoms with Gasteiger partial charge in [-0.05, 0) is 45.1 Å². The first-order chi connectivity index (χ1) is 24.2. The number of aromatic nitrogens is 4. The number of carboxylic acid groups (broad SMARTS) is 5. The number of carbonyl (C=O) groups excluding carboxylic acids is 2. The Morgan fingerprint density at radius 2 is 1.21 bits per heavy atom. The molecule has 10 N–H and O–H groups in total. The van der Waals surface area contributed by atoms with Gasteiger partial charge in [0.15, 0.2) is 0 Å². The van der Waals surface area contributed by atoms with E-state index < -0.39 is 66.3 Å². The molecule has 0 aliphatic carbocycles. The van der Waals surface area contributed by atoms with Gasteiger partial charge in [-0.1, -0.05) is 6.42 Å². The second kappa shape index (κ2) is 23.5. The molecule has 2 rings (SSSR count). The maximum Gasteiger partial charge on any atom is 0.326 e. The van der Waals surface area contributed by atoms with Gasteiger partial charge in [-0.25, -0.2) is 24.4 Å². The third-order valence-corrected chi connectivity index (χ3v) is 7.59. The topological polar surface area (TPSA) is 322 Å². The van der Waals surface area contributed by atoms with Crippen LogP contribution in [0.2, 0.25) is 0 Å². The predicted molar refractivity (Wildman–Crippen MR) is 174 cm³/mol. The number of nitrogens with two attached hydrogens (primary N) is 1. The van der Waals surface area contributed by atoms with Crippen LogP contribution in [-0.4, -0.2) is 123 Å². The standard InChI is InChI=1S/C30H45N9O12.Tc/c31-19(27(46)34-9-3-1-6-20(28(47)48)35-30(51)36-21(29(49)50)7-8-24(40)41)5-2-4-12-37(15-22-32-10-13-38(22)17-25(42)43)16-23-33-11-14-39(23)18-26(44)45;/h10-11,13-14,19-21H,1-9,12,15-18,31H2,(H,34,46)(H,40,41)(H,42,43)(H,44,45)(H,47,48)(H,49,50)(H2,35,36,51);/t19-,20-,21-;/m0./s1/i;1+1. The number of urea groups is 1. The molecule has 2 aromatic rings. The largest absolute Gasteiger partial charge is 0.481 e. The molecule has 0 saturated carbocycles. The minimum absolute atomic E-state index is 0. The van der Waals surface area contributed by atoms with Crippen LogP contribution in [0.25, 0.3) is 0 Å². The molecule has 289 valence electrons. The zero-order valence-corrected chi connectivity index (χ0v) is 30.1. The van der Waals surface area contributed by atoms with Crippen LogP contribution in [0.15, 0.2) is 24.8 Å². The van der Waals surface area contributed by atoms with Crippen LogP contribution < -0.4 is 21.7 Å². The van der Waals surface area contributed by atoms with Crippen molar-refractivity contribution in [1.82, 2.24) is 40.0 Å². The van der Waals surface area contributed by atoms with Gasteiger partial charge in [0.2, 0.25) is 5.91 Å². The van der Waals surface area contributed by atoms with Crippen LogP contribution >= 0.6 is 0 Å². The van der Waals surface area contributed by atoms with E-state index in [0.29, 0.717) is 43.9 Å². The van der Waals surface area contributed by atoms with Gasteiger partial charge in [0.05, 0.1) is 19.1 Å². The minimum Gasteiger partial charge on any atom is -0.481 e. The van der Waals surface area contributed by atoms with E-state index in [-0.39, 0.29) is 72.1 Å². The summed E-state index contributed by atoms with van der Waals surface area (Å²) in [6.07, 6.45) is 7.27. The van der Waals surface area contributed by atoms with Crippen LogP contribution in [0.3, 0.4) is 0 Å². The normalized spacial score (nSPS) is 12.6. The molecule has 2 heterocycles. The van der Waals surface area contributed by atoms with Crippen LogP contribution in [0.1, 0.15) is 63.0 Å². The van der Waals surface area contributed by atoms with Gasteiger partial charge in [0, 0.05) is 57.9 Å². The number of unbranched alkanes of at least 4 members (excludes halogenated alkanes) is 2. The molecule has 0 aliphatic heterocycles. The average Bonchev–Trinajstić information content (AvgIpc) is 3.67. The Bertz CT molecular complexity index is 1440. The summed E-state index contributed by atoms with van der Waals surface area (Å²) in [6, 6.07) is -4.78. The van der Waals surface area contributed by atoms with Crippen molar-refractivity contribution in [2.45, 2.75) is 95.7 Å². The summed E-state index contributed by atoms with van der Waals surface area (Å²) in [6.45, 7) is 0.616. The summed E-state index contributed by atoms with van der Waals surface area (Å²) in [4.78, 5) is 91.2. The Morgan fingerprint density at radius 3 is 1.69 bits per heavy atom. The molecule has 0 spiro atoms. The van der Waals surface area contributed by atoms with Crippen molar-refractivity contribution in [3.63, 3.8) is 0 Å². The van der Waals surface area contributed by atoms with Crippen molar-refractivity contribution in [2.24, 2.45) is 5.73 Å². The molecule has 0 bridgehead atoms. The van der Waals surface area contributed by atoms with Crippen molar-refractivity contribution < 1.29 is 79.2 Å². The zero-order chi connectivity index (χ0) is 37.9. The van der Waals surface area contributed by atoms with Gasteiger partial charge in [0.1, 0.15) is 36.8 Å². The molecule has 3 amide bonds. The first-order valence-corrected chi connectivity index (χ1v) is 16.1. The van der Waals surface area contributed by atoms with Crippen LogP contribution in [0.4, 0.5) is 4.79 Å². The second-order valence-corrected chi connectivity index (χ2v) is 11.7. The van der Waals surface area contributed by atoms with Crippen molar-refractivity contribution in [3.05, 3.63) is 36.4 Å². The van der Waals surface area contributed by atoms with E-state index in [2.05, 4.69) is 25.9 Å². The molecule has 22 heteroatoms. The van der Waals surface area contributed by atoms with E-state index in [1.165, 1.54) is 21.5 Å². The van der Waals surface area contributed by atoms with Gasteiger partial charge >= 0.3 is 35.9 Å². The molecular weight excluding hydrogens is 777 g/mol. The van der Waals surface area contributed by atoms with Gasteiger partial charge in [0.25, 0.3) is 0 Å². The van der Waals surface area contributed by atoms with Crippen LogP contribution in [0.5, 0.6) is 0 Å². The number of carbonyl (C=O) groups is 7. The first kappa shape index (κ1) is 45.1. The molecule has 0 aliphatic rings. The molecule has 52 heavy (non-hydrogen) atoms. The summed E-state index contributed by atoms with van der Waals surface area (Å²) in [5.41, 5.74) is 6.07. The molecule has 3 atom stereocenters. The smallest absolute Gasteiger partial charge is 0.326 e. The Hall–Kier alpha value is -4.92. The van der Waals surface area contributed by atoms with E-state index in [0.717, 1.165) is 0 Å². The van der Waals surface area contributed by atoms with E-state index in [1.807, 2.05) is 4.90 Å². The number of nitrogens with one attached hydrogen (secondary N) is 3. The number of rotatable bonds is 26. The summed E-state index contributed by atoms with van der Waals surface area (Å²) in [5, 5.41) is 52.7. The predicted octanol–water partition coefficient (Wildman–Crippen LogP) is -0.897. The Morgan fingerprint density at radius 1 is 0.712 bits per heavy atom. The second-order valence-electron chi connectivity index (χ2n) is 11.7. The molecule has 0 saturated heterocycles. The van der Waals surface area contributed by atoms with E-state index in [4.69, 9.17) is 15.9 Å². The number of aliphatic carboxylic acids is 5. The quantitative estimate of drug-likeness (QED) is 0.0520. The fourth-order valence-corrected chi connectivity index (χ4v) is 4.96. The summed E-state index contributed by atoms with van der Waals surface area (Å²) >= 11 is 0. The third-order valence-electron chi connectivity index (χ3n) is 7.59. The van der Waals surface area contributed by atoms with Crippen molar-refractivity contribution in [2.75, 3.05) is 13.1 Å². The van der Waals surface area contributed by atoms with Gasteiger partial charge in [-0.3, -0.25) is 24.1 Å². The molecule has 0 aromatic carbocycles. The molecule has 1 radical (unpaired) electrons. The minimum atomic E-state index is -1.52. The number of hydrogen-bond acceptors (Lipinski definition) is 11. The molecular formula is C30H45N9O12Tc. The zero-order valence-electron chi connectivity index (χ0n) is 28.2. The van der Waals surface area contributed by atoms with Gasteiger partial charge in [-0.2, -0.15) is 0 Å². The average molecular weight is 823 g/mol. The van der Waals surface area contributed by atoms with E-state index >= 15 is 0 Å². The third kappa shape index (κ3) is 17.3.